The highest BCUT2D eigenvalue weighted by Crippen LogP contribution is 2.18. The molecule has 0 saturated carbocycles. The quantitative estimate of drug-likeness (QED) is 0.336. The van der Waals surface area contributed by atoms with Crippen LogP contribution in [0, 0.1) is 5.92 Å². The number of ether oxygens (including phenoxy) is 2. The average Bonchev–Trinajstić information content (AvgIpc) is 2.97. The van der Waals surface area contributed by atoms with Crippen LogP contribution in [0.15, 0.2) is 6.33 Å². The minimum absolute atomic E-state index is 0.0195. The maximum absolute atomic E-state index is 11.7. The van der Waals surface area contributed by atoms with E-state index < -0.39 is 30.3 Å². The Morgan fingerprint density at radius 3 is 2.84 bits per heavy atom. The number of aliphatic hydroxyl groups excluding tert-OH is 1. The van der Waals surface area contributed by atoms with Crippen LogP contribution >= 0.6 is 0 Å². The first-order chi connectivity index (χ1) is 11.8. The van der Waals surface area contributed by atoms with Crippen LogP contribution in [-0.4, -0.2) is 58.2 Å². The first kappa shape index (κ1) is 19.1. The van der Waals surface area contributed by atoms with Gasteiger partial charge in [-0.1, -0.05) is 13.8 Å². The predicted molar refractivity (Wildman–Crippen MR) is 87.0 cm³/mol. The van der Waals surface area contributed by atoms with Crippen molar-refractivity contribution in [3.05, 3.63) is 12.0 Å². The van der Waals surface area contributed by atoms with E-state index in [2.05, 4.69) is 15.6 Å². The maximum atomic E-state index is 11.7. The van der Waals surface area contributed by atoms with Gasteiger partial charge in [0.15, 0.2) is 12.0 Å². The third kappa shape index (κ3) is 4.66. The molecule has 0 fully saturated rings. The molecule has 0 bridgehead atoms. The molecular weight excluding hydrogens is 332 g/mol. The number of fused-ring (bicyclic) bond motifs is 1. The molecule has 25 heavy (non-hydrogen) atoms. The van der Waals surface area contributed by atoms with Crippen LogP contribution in [0.1, 0.15) is 24.3 Å². The minimum atomic E-state index is -0.743. The van der Waals surface area contributed by atoms with Crippen molar-refractivity contribution in [1.29, 1.82) is 0 Å². The van der Waals surface area contributed by atoms with Gasteiger partial charge in [-0.25, -0.2) is 4.98 Å². The lowest BCUT2D eigenvalue weighted by Gasteiger charge is -2.24. The molecule has 7 N–H and O–H groups in total. The molecule has 3 atom stereocenters. The molecule has 0 radical (unpaired) electrons. The van der Waals surface area contributed by atoms with Crippen molar-refractivity contribution in [2.75, 3.05) is 18.5 Å². The molecule has 1 amide bonds. The standard InChI is InChI=1S/C14H24N6O5/c1-7(2)9(15)13(23)24-4-8(3-21)25-6-20-5-17-10-11(20)18-14(16)19-12(10)22/h5,7-9,14,18,21H,3-4,6,15-16H2,1-2H3,(H,19,22)/t8?,9-,14?/m0/s1. The monoisotopic (exact) mass is 356 g/mol. The summed E-state index contributed by atoms with van der Waals surface area (Å²) in [6.45, 7) is 3.10. The zero-order chi connectivity index (χ0) is 18.6. The molecule has 140 valence electrons. The number of nitrogens with zero attached hydrogens (tertiary/aromatic N) is 2. The zero-order valence-corrected chi connectivity index (χ0v) is 14.1. The largest absolute Gasteiger partial charge is 0.462 e. The fourth-order valence-corrected chi connectivity index (χ4v) is 2.07. The fraction of sp³-hybridized carbons (Fsp3) is 0.643. The van der Waals surface area contributed by atoms with Crippen LogP contribution in [0.5, 0.6) is 0 Å². The van der Waals surface area contributed by atoms with Crippen molar-refractivity contribution in [3.8, 4) is 0 Å². The summed E-state index contributed by atoms with van der Waals surface area (Å²) in [5, 5.41) is 14.7. The highest BCUT2D eigenvalue weighted by atomic mass is 16.6. The molecule has 0 spiro atoms. The summed E-state index contributed by atoms with van der Waals surface area (Å²) in [5.41, 5.74) is 11.5. The number of hydrogen-bond acceptors (Lipinski definition) is 9. The summed E-state index contributed by atoms with van der Waals surface area (Å²) in [6, 6.07) is -0.732. The number of rotatable bonds is 8. The number of nitrogens with one attached hydrogen (secondary N) is 2. The first-order valence-electron chi connectivity index (χ1n) is 7.86. The Balaban J connectivity index is 1.89. The molecule has 11 heteroatoms. The molecule has 2 heterocycles. The van der Waals surface area contributed by atoms with Crippen molar-refractivity contribution in [3.63, 3.8) is 0 Å². The normalized spacial score (nSPS) is 19.0. The second-order valence-electron chi connectivity index (χ2n) is 6.01. The third-order valence-corrected chi connectivity index (χ3v) is 3.69. The Morgan fingerprint density at radius 2 is 2.20 bits per heavy atom. The number of aliphatic hydroxyl groups is 1. The van der Waals surface area contributed by atoms with Crippen LogP contribution in [0.3, 0.4) is 0 Å². The lowest BCUT2D eigenvalue weighted by Crippen LogP contribution is -2.51. The summed E-state index contributed by atoms with van der Waals surface area (Å²) in [6.07, 6.45) is -0.0697. The minimum Gasteiger partial charge on any atom is -0.462 e. The zero-order valence-electron chi connectivity index (χ0n) is 14.1. The second kappa shape index (κ2) is 8.25. The number of carbonyl (C=O) groups is 2. The molecule has 0 saturated heterocycles. The highest BCUT2D eigenvalue weighted by molar-refractivity contribution is 5.98. The van der Waals surface area contributed by atoms with Crippen molar-refractivity contribution in [2.45, 2.75) is 39.0 Å². The van der Waals surface area contributed by atoms with Gasteiger partial charge < -0.3 is 30.9 Å². The molecule has 1 aromatic rings. The number of esters is 1. The first-order valence-corrected chi connectivity index (χ1v) is 7.86. The molecule has 1 aromatic heterocycles. The van der Waals surface area contributed by atoms with Gasteiger partial charge in [0.1, 0.15) is 31.3 Å². The summed E-state index contributed by atoms with van der Waals surface area (Å²) >= 11 is 0. The van der Waals surface area contributed by atoms with Crippen LogP contribution < -0.4 is 22.1 Å². The molecule has 0 aromatic carbocycles. The Morgan fingerprint density at radius 1 is 1.48 bits per heavy atom. The maximum Gasteiger partial charge on any atom is 0.323 e. The lowest BCUT2D eigenvalue weighted by atomic mass is 10.1. The SMILES string of the molecule is CC(C)[C@H](N)C(=O)OCC(CO)OCn1cnc2c1NC(N)NC2=O. The van der Waals surface area contributed by atoms with Gasteiger partial charge in [0.05, 0.1) is 12.9 Å². The number of anilines is 1. The Bertz CT molecular complexity index is 619. The number of amides is 1. The number of hydrogen-bond donors (Lipinski definition) is 5. The van der Waals surface area contributed by atoms with Crippen molar-refractivity contribution in [2.24, 2.45) is 17.4 Å². The van der Waals surface area contributed by atoms with E-state index in [1.807, 2.05) is 13.8 Å². The van der Waals surface area contributed by atoms with Crippen LogP contribution in [0.25, 0.3) is 0 Å². The number of imidazole rings is 1. The van der Waals surface area contributed by atoms with Gasteiger partial charge >= 0.3 is 5.97 Å². The topological polar surface area (TPSA) is 167 Å². The molecule has 1 aliphatic rings. The van der Waals surface area contributed by atoms with E-state index in [4.69, 9.17) is 20.9 Å². The molecule has 1 aliphatic heterocycles. The van der Waals surface area contributed by atoms with Gasteiger partial charge in [-0.3, -0.25) is 19.9 Å². The van der Waals surface area contributed by atoms with E-state index in [0.29, 0.717) is 5.82 Å². The summed E-state index contributed by atoms with van der Waals surface area (Å²) < 4.78 is 12.1. The van der Waals surface area contributed by atoms with E-state index in [1.165, 1.54) is 10.9 Å². The summed E-state index contributed by atoms with van der Waals surface area (Å²) in [5.74, 6) is -0.594. The van der Waals surface area contributed by atoms with Gasteiger partial charge in [-0.05, 0) is 5.92 Å². The number of nitrogens with two attached hydrogens (primary N) is 2. The molecule has 2 rings (SSSR count). The van der Waals surface area contributed by atoms with E-state index in [9.17, 15) is 14.7 Å². The summed E-state index contributed by atoms with van der Waals surface area (Å²) in [7, 11) is 0. The van der Waals surface area contributed by atoms with Gasteiger partial charge in [0, 0.05) is 0 Å². The Hall–Kier alpha value is -2.21. The van der Waals surface area contributed by atoms with Crippen molar-refractivity contribution < 1.29 is 24.2 Å². The van der Waals surface area contributed by atoms with E-state index in [1.54, 1.807) is 0 Å². The molecule has 0 aliphatic carbocycles. The third-order valence-electron chi connectivity index (χ3n) is 3.69. The highest BCUT2D eigenvalue weighted by Gasteiger charge is 2.26. The van der Waals surface area contributed by atoms with E-state index in [0.717, 1.165) is 0 Å². The van der Waals surface area contributed by atoms with E-state index >= 15 is 0 Å². The van der Waals surface area contributed by atoms with Gasteiger partial charge in [0.25, 0.3) is 5.91 Å². The van der Waals surface area contributed by atoms with Crippen LogP contribution in [0.2, 0.25) is 0 Å². The van der Waals surface area contributed by atoms with Gasteiger partial charge in [0.2, 0.25) is 0 Å². The van der Waals surface area contributed by atoms with Gasteiger partial charge in [-0.15, -0.1) is 0 Å². The molecule has 11 nitrogen and oxygen atoms in total. The van der Waals surface area contributed by atoms with Crippen LogP contribution in [0.4, 0.5) is 5.82 Å². The van der Waals surface area contributed by atoms with Gasteiger partial charge in [-0.2, -0.15) is 0 Å². The second-order valence-corrected chi connectivity index (χ2v) is 6.01. The fourth-order valence-electron chi connectivity index (χ4n) is 2.07. The lowest BCUT2D eigenvalue weighted by molar-refractivity contribution is -0.153. The number of aromatic nitrogens is 2. The molecular formula is C14H24N6O5. The Kier molecular flexibility index (Phi) is 6.31. The smallest absolute Gasteiger partial charge is 0.323 e. The predicted octanol–water partition coefficient (Wildman–Crippen LogP) is -1.86. The molecule has 2 unspecified atom stereocenters. The van der Waals surface area contributed by atoms with Crippen LogP contribution in [-0.2, 0) is 21.0 Å². The Labute approximate surface area is 144 Å². The van der Waals surface area contributed by atoms with E-state index in [-0.39, 0.29) is 31.6 Å². The number of carbonyl (C=O) groups excluding carboxylic acids is 2. The van der Waals surface area contributed by atoms with Crippen molar-refractivity contribution in [1.82, 2.24) is 14.9 Å². The summed E-state index contributed by atoms with van der Waals surface area (Å²) in [4.78, 5) is 27.5. The van der Waals surface area contributed by atoms with Crippen molar-refractivity contribution >= 4 is 17.7 Å². The average molecular weight is 356 g/mol.